The number of allylic oxidation sites excluding steroid dienone is 6. The van der Waals surface area contributed by atoms with E-state index in [0.717, 1.165) is 33.4 Å². The van der Waals surface area contributed by atoms with E-state index in [1.807, 2.05) is 72.8 Å². The van der Waals surface area contributed by atoms with Gasteiger partial charge in [0.1, 0.15) is 35.4 Å². The summed E-state index contributed by atoms with van der Waals surface area (Å²) in [7, 11) is 0. The van der Waals surface area contributed by atoms with Crippen LogP contribution in [0.5, 0.6) is 0 Å². The molecule has 0 aliphatic heterocycles. The Bertz CT molecular complexity index is 1130. The smallest absolute Gasteiger partial charge is 0.138 e. The van der Waals surface area contributed by atoms with E-state index < -0.39 is 0 Å². The second kappa shape index (κ2) is 5.61. The minimum atomic E-state index is 0.0222. The standard InChI is InChI=1S/C22H8N4/c23-9-13(10-24)19-15-5-1-3-7-17(15)21-20(14(11-25)12-26)16-6-2-4-8-18(16)22(19)21/h1-8H. The normalized spacial score (nSPS) is 12.9. The summed E-state index contributed by atoms with van der Waals surface area (Å²) in [5, 5.41) is 37.9. The van der Waals surface area contributed by atoms with Gasteiger partial charge in [-0.2, -0.15) is 21.0 Å². The van der Waals surface area contributed by atoms with E-state index in [1.165, 1.54) is 0 Å². The van der Waals surface area contributed by atoms with Crippen molar-refractivity contribution in [1.29, 1.82) is 21.0 Å². The summed E-state index contributed by atoms with van der Waals surface area (Å²) in [6.45, 7) is 0. The Balaban J connectivity index is 2.25. The van der Waals surface area contributed by atoms with Gasteiger partial charge in [0, 0.05) is 22.3 Å². The van der Waals surface area contributed by atoms with Gasteiger partial charge in [0.2, 0.25) is 0 Å². The van der Waals surface area contributed by atoms with E-state index in [1.54, 1.807) is 0 Å². The second-order valence-corrected chi connectivity index (χ2v) is 5.79. The van der Waals surface area contributed by atoms with Crippen molar-refractivity contribution in [3.63, 3.8) is 0 Å². The molecule has 2 aliphatic carbocycles. The lowest BCUT2D eigenvalue weighted by molar-refractivity contribution is 1.45. The van der Waals surface area contributed by atoms with Crippen molar-refractivity contribution < 1.29 is 0 Å². The molecule has 0 spiro atoms. The number of nitriles is 4. The highest BCUT2D eigenvalue weighted by atomic mass is 14.4. The highest BCUT2D eigenvalue weighted by molar-refractivity contribution is 6.37. The van der Waals surface area contributed by atoms with E-state index in [-0.39, 0.29) is 11.1 Å². The molecule has 4 nitrogen and oxygen atoms in total. The molecule has 0 heterocycles. The van der Waals surface area contributed by atoms with Crippen LogP contribution >= 0.6 is 0 Å². The monoisotopic (exact) mass is 328 g/mol. The fourth-order valence-corrected chi connectivity index (χ4v) is 3.69. The van der Waals surface area contributed by atoms with Gasteiger partial charge in [0.25, 0.3) is 0 Å². The summed E-state index contributed by atoms with van der Waals surface area (Å²) in [5.41, 5.74) is 5.88. The SMILES string of the molecule is N#CC(C#N)=C1C2=C(C(=C(C#N)C#N)c3ccccc32)c2ccccc21. The maximum atomic E-state index is 9.48. The molecule has 0 saturated heterocycles. The molecular formula is C22H8N4. The highest BCUT2D eigenvalue weighted by Gasteiger charge is 2.39. The molecule has 0 N–H and O–H groups in total. The van der Waals surface area contributed by atoms with Crippen molar-refractivity contribution in [3.05, 3.63) is 81.9 Å². The first-order valence-electron chi connectivity index (χ1n) is 7.80. The van der Waals surface area contributed by atoms with Gasteiger partial charge in [-0.1, -0.05) is 48.5 Å². The fraction of sp³-hybridized carbons (Fsp3) is 0. The molecule has 0 bridgehead atoms. The molecule has 0 atom stereocenters. The third-order valence-corrected chi connectivity index (χ3v) is 4.63. The summed E-state index contributed by atoms with van der Waals surface area (Å²) in [4.78, 5) is 0. The summed E-state index contributed by atoms with van der Waals surface area (Å²) in [6.07, 6.45) is 0. The lowest BCUT2D eigenvalue weighted by Crippen LogP contribution is -1.95. The summed E-state index contributed by atoms with van der Waals surface area (Å²) in [5.74, 6) is 0. The summed E-state index contributed by atoms with van der Waals surface area (Å²) >= 11 is 0. The van der Waals surface area contributed by atoms with Crippen molar-refractivity contribution >= 4 is 22.3 Å². The second-order valence-electron chi connectivity index (χ2n) is 5.79. The third kappa shape index (κ3) is 1.79. The van der Waals surface area contributed by atoms with Crippen LogP contribution in [0, 0.1) is 45.3 Å². The van der Waals surface area contributed by atoms with Crippen LogP contribution in [0.25, 0.3) is 22.3 Å². The van der Waals surface area contributed by atoms with Crippen molar-refractivity contribution in [1.82, 2.24) is 0 Å². The molecule has 2 aromatic carbocycles. The number of fused-ring (bicyclic) bond motifs is 4. The largest absolute Gasteiger partial charge is 0.192 e. The van der Waals surface area contributed by atoms with Crippen molar-refractivity contribution in [2.45, 2.75) is 0 Å². The molecule has 0 radical (unpaired) electrons. The average Bonchev–Trinajstić information content (AvgIpc) is 3.19. The van der Waals surface area contributed by atoms with Crippen molar-refractivity contribution in [2.24, 2.45) is 0 Å². The Labute approximate surface area is 150 Å². The van der Waals surface area contributed by atoms with E-state index in [2.05, 4.69) is 0 Å². The van der Waals surface area contributed by atoms with E-state index in [4.69, 9.17) is 0 Å². The quantitative estimate of drug-likeness (QED) is 0.676. The molecule has 4 rings (SSSR count). The van der Waals surface area contributed by atoms with Crippen LogP contribution in [0.15, 0.2) is 59.7 Å². The number of hydrogen-bond acceptors (Lipinski definition) is 4. The highest BCUT2D eigenvalue weighted by Crippen LogP contribution is 2.58. The molecule has 0 aromatic heterocycles. The Morgan fingerprint density at radius 2 is 0.808 bits per heavy atom. The van der Waals surface area contributed by atoms with Crippen molar-refractivity contribution in [2.75, 3.05) is 0 Å². The molecule has 0 saturated carbocycles. The van der Waals surface area contributed by atoms with Gasteiger partial charge in [-0.25, -0.2) is 0 Å². The molecule has 26 heavy (non-hydrogen) atoms. The van der Waals surface area contributed by atoms with Gasteiger partial charge in [-0.05, 0) is 22.3 Å². The predicted molar refractivity (Wildman–Crippen MR) is 96.0 cm³/mol. The van der Waals surface area contributed by atoms with E-state index in [0.29, 0.717) is 11.1 Å². The number of rotatable bonds is 0. The number of nitrogens with zero attached hydrogens (tertiary/aromatic N) is 4. The van der Waals surface area contributed by atoms with Crippen LogP contribution < -0.4 is 0 Å². The van der Waals surface area contributed by atoms with Crippen LogP contribution in [0.1, 0.15) is 22.3 Å². The van der Waals surface area contributed by atoms with Crippen LogP contribution in [-0.4, -0.2) is 0 Å². The Kier molecular flexibility index (Phi) is 3.27. The zero-order valence-corrected chi connectivity index (χ0v) is 13.4. The minimum absolute atomic E-state index is 0.0222. The first kappa shape index (κ1) is 15.2. The van der Waals surface area contributed by atoms with Crippen molar-refractivity contribution in [3.8, 4) is 24.3 Å². The van der Waals surface area contributed by atoms with Gasteiger partial charge in [-0.3, -0.25) is 0 Å². The topological polar surface area (TPSA) is 95.2 Å². The van der Waals surface area contributed by atoms with Crippen LogP contribution in [0.3, 0.4) is 0 Å². The first-order valence-corrected chi connectivity index (χ1v) is 7.80. The zero-order valence-electron chi connectivity index (χ0n) is 13.4. The van der Waals surface area contributed by atoms with Crippen LogP contribution in [0.2, 0.25) is 0 Å². The van der Waals surface area contributed by atoms with Gasteiger partial charge in [0.05, 0.1) is 0 Å². The maximum absolute atomic E-state index is 9.48. The minimum Gasteiger partial charge on any atom is -0.192 e. The molecule has 0 amide bonds. The van der Waals surface area contributed by atoms with Gasteiger partial charge < -0.3 is 0 Å². The average molecular weight is 328 g/mol. The van der Waals surface area contributed by atoms with Crippen LogP contribution in [-0.2, 0) is 0 Å². The van der Waals surface area contributed by atoms with E-state index >= 15 is 0 Å². The predicted octanol–water partition coefficient (Wildman–Crippen LogP) is 4.23. The maximum Gasteiger partial charge on any atom is 0.138 e. The van der Waals surface area contributed by atoms with Gasteiger partial charge >= 0.3 is 0 Å². The summed E-state index contributed by atoms with van der Waals surface area (Å²) in [6, 6.07) is 22.9. The molecule has 0 fully saturated rings. The van der Waals surface area contributed by atoms with E-state index in [9.17, 15) is 21.0 Å². The molecule has 116 valence electrons. The number of benzene rings is 2. The van der Waals surface area contributed by atoms with Crippen LogP contribution in [0.4, 0.5) is 0 Å². The van der Waals surface area contributed by atoms with Gasteiger partial charge in [-0.15, -0.1) is 0 Å². The number of hydrogen-bond donors (Lipinski definition) is 0. The Morgan fingerprint density at radius 1 is 0.500 bits per heavy atom. The fourth-order valence-electron chi connectivity index (χ4n) is 3.69. The molecule has 0 unspecified atom stereocenters. The Hall–Kier alpha value is -4.38. The Morgan fingerprint density at radius 3 is 1.12 bits per heavy atom. The lowest BCUT2D eigenvalue weighted by Gasteiger charge is -2.11. The lowest BCUT2D eigenvalue weighted by atomic mass is 9.90. The molecule has 2 aliphatic rings. The van der Waals surface area contributed by atoms with Gasteiger partial charge in [0.15, 0.2) is 0 Å². The zero-order chi connectivity index (χ0) is 18.3. The summed E-state index contributed by atoms with van der Waals surface area (Å²) < 4.78 is 0. The first-order chi connectivity index (χ1) is 12.8. The molecular weight excluding hydrogens is 320 g/mol. The molecule has 2 aromatic rings. The third-order valence-electron chi connectivity index (χ3n) is 4.63. The molecule has 4 heteroatoms.